The molecular weight excluding hydrogens is 687 g/mol. The number of rotatable bonds is 46. The van der Waals surface area contributed by atoms with Gasteiger partial charge in [-0.15, -0.1) is 0 Å². The summed E-state index contributed by atoms with van der Waals surface area (Å²) in [6.45, 7) is 8.47. The maximum absolute atomic E-state index is 12.2. The van der Waals surface area contributed by atoms with Gasteiger partial charge in [-0.1, -0.05) is 206 Å². The fraction of sp³-hybridized carbons (Fsp3) is 0.935. The Kier molecular flexibility index (Phi) is 43.6. The fourth-order valence-corrected chi connectivity index (χ4v) is 7.27. The molecule has 0 spiro atoms. The van der Waals surface area contributed by atoms with E-state index >= 15 is 0 Å². The fourth-order valence-electron chi connectivity index (χ4n) is 7.27. The topological polar surface area (TPSA) is 123 Å². The van der Waals surface area contributed by atoms with Crippen molar-refractivity contribution in [3.05, 3.63) is 0 Å². The molecule has 0 bridgehead atoms. The molecule has 0 aromatic carbocycles. The molecule has 9 nitrogen and oxygen atoms in total. The van der Waals surface area contributed by atoms with Gasteiger partial charge in [0, 0.05) is 39.3 Å². The van der Waals surface area contributed by atoms with Crippen molar-refractivity contribution in [1.29, 1.82) is 0 Å². The van der Waals surface area contributed by atoms with Gasteiger partial charge < -0.3 is 26.4 Å². The number of nitrogens with one attached hydrogen (secondary N) is 4. The quantitative estimate of drug-likeness (QED) is 0.0390. The molecule has 0 rings (SSSR count). The van der Waals surface area contributed by atoms with Gasteiger partial charge in [0.1, 0.15) is 0 Å². The molecule has 55 heavy (non-hydrogen) atoms. The lowest BCUT2D eigenvalue weighted by molar-refractivity contribution is -0.138. The van der Waals surface area contributed by atoms with Crippen LogP contribution in [0.15, 0.2) is 0 Å². The van der Waals surface area contributed by atoms with Gasteiger partial charge in [-0.2, -0.15) is 0 Å². The Morgan fingerprint density at radius 3 is 0.891 bits per heavy atom. The van der Waals surface area contributed by atoms with Crippen molar-refractivity contribution in [3.8, 4) is 0 Å². The van der Waals surface area contributed by atoms with Crippen LogP contribution in [-0.4, -0.2) is 86.7 Å². The number of amides is 2. The number of unbranched alkanes of at least 4 members (excludes halogenated alkanes) is 30. The summed E-state index contributed by atoms with van der Waals surface area (Å²) in [4.78, 5) is 37.6. The van der Waals surface area contributed by atoms with E-state index in [0.29, 0.717) is 39.3 Å². The Morgan fingerprint density at radius 1 is 0.382 bits per heavy atom. The Hall–Kier alpha value is -1.71. The summed E-state index contributed by atoms with van der Waals surface area (Å²) in [5.41, 5.74) is 0. The molecule has 0 saturated carbocycles. The second kappa shape index (κ2) is 45.0. The van der Waals surface area contributed by atoms with E-state index in [1.165, 1.54) is 180 Å². The molecule has 0 unspecified atom stereocenters. The number of aliphatic carboxylic acids is 1. The minimum Gasteiger partial charge on any atom is -0.480 e. The van der Waals surface area contributed by atoms with Crippen molar-refractivity contribution in [1.82, 2.24) is 26.2 Å². The summed E-state index contributed by atoms with van der Waals surface area (Å²) in [5, 5.41) is 21.6. The molecule has 2 amide bonds. The molecule has 0 heterocycles. The van der Waals surface area contributed by atoms with Gasteiger partial charge in [-0.25, -0.2) is 0 Å². The van der Waals surface area contributed by atoms with E-state index in [2.05, 4.69) is 35.1 Å². The first-order valence-electron chi connectivity index (χ1n) is 23.9. The van der Waals surface area contributed by atoms with E-state index in [-0.39, 0.29) is 31.4 Å². The summed E-state index contributed by atoms with van der Waals surface area (Å²) >= 11 is 0. The Bertz CT molecular complexity index is 772. The third-order valence-electron chi connectivity index (χ3n) is 10.8. The van der Waals surface area contributed by atoms with Crippen molar-refractivity contribution in [2.24, 2.45) is 0 Å². The predicted molar refractivity (Wildman–Crippen MR) is 235 cm³/mol. The highest BCUT2D eigenvalue weighted by atomic mass is 16.4. The molecule has 0 aliphatic rings. The normalized spacial score (nSPS) is 11.4. The van der Waals surface area contributed by atoms with Gasteiger partial charge >= 0.3 is 5.97 Å². The van der Waals surface area contributed by atoms with Crippen molar-refractivity contribution < 1.29 is 19.5 Å². The van der Waals surface area contributed by atoms with Crippen molar-refractivity contribution in [2.45, 2.75) is 219 Å². The molecule has 0 saturated heterocycles. The maximum Gasteiger partial charge on any atom is 0.317 e. The van der Waals surface area contributed by atoms with Crippen LogP contribution in [0.2, 0.25) is 0 Å². The largest absolute Gasteiger partial charge is 0.480 e. The van der Waals surface area contributed by atoms with E-state index in [1.54, 1.807) is 0 Å². The SMILES string of the molecule is CCCCCCCCCCCCCCCCCCNC(=O)CNCCN(CCNCC(=O)NCCCCCCCCCCCCCCCCCC)CC(=O)O. The number of carboxylic acid groups (broad SMARTS) is 1. The van der Waals surface area contributed by atoms with Crippen molar-refractivity contribution in [2.75, 3.05) is 58.9 Å². The van der Waals surface area contributed by atoms with Gasteiger partial charge in [0.25, 0.3) is 0 Å². The van der Waals surface area contributed by atoms with E-state index in [9.17, 15) is 19.5 Å². The van der Waals surface area contributed by atoms with E-state index in [0.717, 1.165) is 25.7 Å². The van der Waals surface area contributed by atoms with E-state index in [1.807, 2.05) is 4.90 Å². The number of carbonyl (C=O) groups excluding carboxylic acids is 2. The number of hydrogen-bond acceptors (Lipinski definition) is 6. The zero-order valence-corrected chi connectivity index (χ0v) is 36.6. The molecule has 9 heteroatoms. The van der Waals surface area contributed by atoms with Crippen LogP contribution in [0.25, 0.3) is 0 Å². The molecule has 0 radical (unpaired) electrons. The van der Waals surface area contributed by atoms with Crippen LogP contribution in [0.5, 0.6) is 0 Å². The number of carboxylic acids is 1. The predicted octanol–water partition coefficient (Wildman–Crippen LogP) is 10.3. The molecule has 326 valence electrons. The lowest BCUT2D eigenvalue weighted by Crippen LogP contribution is -2.43. The minimum atomic E-state index is -0.881. The Morgan fingerprint density at radius 2 is 0.636 bits per heavy atom. The molecule has 0 aromatic rings. The first kappa shape index (κ1) is 53.3. The summed E-state index contributed by atoms with van der Waals surface area (Å²) < 4.78 is 0. The van der Waals surface area contributed by atoms with Crippen LogP contribution >= 0.6 is 0 Å². The van der Waals surface area contributed by atoms with Crippen LogP contribution in [0, 0.1) is 0 Å². The first-order valence-corrected chi connectivity index (χ1v) is 23.9. The third-order valence-corrected chi connectivity index (χ3v) is 10.8. The second-order valence-electron chi connectivity index (χ2n) is 16.3. The standard InChI is InChI=1S/C46H93N5O4/c1-3-5-7-9-11-13-15-17-19-21-23-25-27-29-31-33-35-49-44(52)41-47-37-39-51(43-46(54)55)40-38-48-42-45(53)50-36-34-32-30-28-26-24-22-20-18-16-14-12-10-8-6-4-2/h47-48H,3-43H2,1-2H3,(H,49,52)(H,50,53)(H,54,55). The highest BCUT2D eigenvalue weighted by molar-refractivity contribution is 5.78. The lowest BCUT2D eigenvalue weighted by Gasteiger charge is -2.20. The minimum absolute atomic E-state index is 0.0157. The van der Waals surface area contributed by atoms with Crippen LogP contribution in [0.3, 0.4) is 0 Å². The summed E-state index contributed by atoms with van der Waals surface area (Å²) in [5.74, 6) is -0.913. The van der Waals surface area contributed by atoms with Crippen molar-refractivity contribution in [3.63, 3.8) is 0 Å². The van der Waals surface area contributed by atoms with Gasteiger partial charge in [-0.05, 0) is 12.8 Å². The lowest BCUT2D eigenvalue weighted by atomic mass is 10.0. The second-order valence-corrected chi connectivity index (χ2v) is 16.3. The summed E-state index contributed by atoms with van der Waals surface area (Å²) in [6.07, 6.45) is 42.8. The van der Waals surface area contributed by atoms with E-state index in [4.69, 9.17) is 0 Å². The molecule has 0 aliphatic heterocycles. The maximum atomic E-state index is 12.2. The molecule has 0 aliphatic carbocycles. The zero-order valence-electron chi connectivity index (χ0n) is 36.6. The van der Waals surface area contributed by atoms with Crippen LogP contribution in [0.1, 0.15) is 219 Å². The monoisotopic (exact) mass is 780 g/mol. The molecular formula is C46H93N5O4. The molecule has 0 fully saturated rings. The molecule has 0 aromatic heterocycles. The average molecular weight is 780 g/mol. The highest BCUT2D eigenvalue weighted by Gasteiger charge is 2.10. The summed E-state index contributed by atoms with van der Waals surface area (Å²) in [7, 11) is 0. The smallest absolute Gasteiger partial charge is 0.317 e. The molecule has 5 N–H and O–H groups in total. The average Bonchev–Trinajstić information content (AvgIpc) is 3.17. The number of hydrogen-bond donors (Lipinski definition) is 5. The zero-order chi connectivity index (χ0) is 40.1. The summed E-state index contributed by atoms with van der Waals surface area (Å²) in [6, 6.07) is 0. The highest BCUT2D eigenvalue weighted by Crippen LogP contribution is 2.15. The number of nitrogens with zero attached hydrogens (tertiary/aromatic N) is 1. The van der Waals surface area contributed by atoms with Crippen molar-refractivity contribution >= 4 is 17.8 Å². The third kappa shape index (κ3) is 44.9. The van der Waals surface area contributed by atoms with Gasteiger partial charge in [0.05, 0.1) is 19.6 Å². The van der Waals surface area contributed by atoms with Crippen LogP contribution in [-0.2, 0) is 14.4 Å². The van der Waals surface area contributed by atoms with Crippen LogP contribution < -0.4 is 21.3 Å². The van der Waals surface area contributed by atoms with Crippen LogP contribution in [0.4, 0.5) is 0 Å². The van der Waals surface area contributed by atoms with Gasteiger partial charge in [-0.3, -0.25) is 19.3 Å². The first-order chi connectivity index (χ1) is 27.0. The Labute approximate surface area is 340 Å². The Balaban J connectivity index is 3.60. The van der Waals surface area contributed by atoms with E-state index < -0.39 is 5.97 Å². The number of carbonyl (C=O) groups is 3. The molecule has 0 atom stereocenters. The van der Waals surface area contributed by atoms with Gasteiger partial charge in [0.15, 0.2) is 0 Å². The van der Waals surface area contributed by atoms with Gasteiger partial charge in [0.2, 0.25) is 11.8 Å².